The molecule has 0 aliphatic heterocycles. The lowest BCUT2D eigenvalue weighted by Crippen LogP contribution is -2.21. The first-order valence-corrected chi connectivity index (χ1v) is 8.50. The summed E-state index contributed by atoms with van der Waals surface area (Å²) in [6.07, 6.45) is 5.23. The zero-order valence-corrected chi connectivity index (χ0v) is 13.8. The highest BCUT2D eigenvalue weighted by atomic mass is 32.1. The van der Waals surface area contributed by atoms with Gasteiger partial charge in [-0.15, -0.1) is 11.3 Å². The molecule has 114 valence electrons. The van der Waals surface area contributed by atoms with E-state index >= 15 is 0 Å². The number of anilines is 1. The summed E-state index contributed by atoms with van der Waals surface area (Å²) in [4.78, 5) is 11.3. The maximum absolute atomic E-state index is 6.10. The van der Waals surface area contributed by atoms with Crippen LogP contribution in [0.25, 0.3) is 10.2 Å². The molecule has 5 heteroatoms. The first-order valence-electron chi connectivity index (χ1n) is 7.68. The van der Waals surface area contributed by atoms with Gasteiger partial charge >= 0.3 is 0 Å². The second-order valence-corrected chi connectivity index (χ2v) is 7.40. The molecule has 2 N–H and O–H groups in total. The lowest BCUT2D eigenvalue weighted by atomic mass is 9.89. The van der Waals surface area contributed by atoms with Crippen LogP contribution in [0.3, 0.4) is 0 Å². The van der Waals surface area contributed by atoms with E-state index in [-0.39, 0.29) is 0 Å². The Morgan fingerprint density at radius 2 is 2.10 bits per heavy atom. The molecule has 0 spiro atoms. The van der Waals surface area contributed by atoms with Gasteiger partial charge in [0.15, 0.2) is 5.82 Å². The summed E-state index contributed by atoms with van der Waals surface area (Å²) in [7, 11) is 0. The van der Waals surface area contributed by atoms with Gasteiger partial charge in [0, 0.05) is 4.88 Å². The molecule has 3 rings (SSSR count). The van der Waals surface area contributed by atoms with E-state index in [1.165, 1.54) is 23.3 Å². The van der Waals surface area contributed by atoms with Crippen LogP contribution >= 0.6 is 11.3 Å². The fourth-order valence-electron chi connectivity index (χ4n) is 3.11. The molecule has 4 nitrogen and oxygen atoms in total. The fourth-order valence-corrected chi connectivity index (χ4v) is 4.17. The van der Waals surface area contributed by atoms with Crippen LogP contribution in [0.5, 0.6) is 0 Å². The molecule has 2 heterocycles. The van der Waals surface area contributed by atoms with E-state index in [0.29, 0.717) is 24.4 Å². The number of aromatic nitrogens is 2. The van der Waals surface area contributed by atoms with Crippen molar-refractivity contribution in [2.24, 2.45) is 5.92 Å². The molecule has 2 aromatic heterocycles. The quantitative estimate of drug-likeness (QED) is 0.931. The number of fused-ring (bicyclic) bond motifs is 1. The molecule has 1 fully saturated rings. The largest absolute Gasteiger partial charge is 0.383 e. The molecule has 0 bridgehead atoms. The van der Waals surface area contributed by atoms with Crippen molar-refractivity contribution in [3.8, 4) is 0 Å². The van der Waals surface area contributed by atoms with E-state index in [0.717, 1.165) is 29.0 Å². The monoisotopic (exact) mass is 305 g/mol. The van der Waals surface area contributed by atoms with Gasteiger partial charge in [-0.2, -0.15) is 0 Å². The highest BCUT2D eigenvalue weighted by molar-refractivity contribution is 7.18. The van der Waals surface area contributed by atoms with Gasteiger partial charge in [0.05, 0.1) is 11.5 Å². The van der Waals surface area contributed by atoms with Gasteiger partial charge in [-0.3, -0.25) is 0 Å². The number of nitrogen functional groups attached to an aromatic ring is 1. The normalized spacial score (nSPS) is 22.8. The number of hydrogen-bond acceptors (Lipinski definition) is 5. The van der Waals surface area contributed by atoms with Crippen molar-refractivity contribution in [1.82, 2.24) is 9.97 Å². The Kier molecular flexibility index (Phi) is 4.13. The highest BCUT2D eigenvalue weighted by Crippen LogP contribution is 2.32. The smallest absolute Gasteiger partial charge is 0.158 e. The van der Waals surface area contributed by atoms with Crippen molar-refractivity contribution >= 4 is 27.4 Å². The minimum absolute atomic E-state index is 0.348. The fraction of sp³-hybridized carbons (Fsp3) is 0.625. The maximum atomic E-state index is 6.10. The lowest BCUT2D eigenvalue weighted by Gasteiger charge is -2.26. The standard InChI is InChI=1S/C16H23N3OS/c1-9-5-4-6-12(7-9)20-8-13-18-15(17)14-10(2)11(3)21-16(14)19-13/h9,12H,4-8H2,1-3H3,(H2,17,18,19). The summed E-state index contributed by atoms with van der Waals surface area (Å²) in [6, 6.07) is 0. The summed E-state index contributed by atoms with van der Waals surface area (Å²) in [6.45, 7) is 6.94. The third-order valence-electron chi connectivity index (χ3n) is 4.44. The van der Waals surface area contributed by atoms with Crippen LogP contribution in [0.2, 0.25) is 0 Å². The second-order valence-electron chi connectivity index (χ2n) is 6.19. The van der Waals surface area contributed by atoms with Gasteiger partial charge in [0.2, 0.25) is 0 Å². The summed E-state index contributed by atoms with van der Waals surface area (Å²) in [5, 5.41) is 1.01. The zero-order valence-electron chi connectivity index (χ0n) is 13.0. The minimum atomic E-state index is 0.348. The molecule has 21 heavy (non-hydrogen) atoms. The van der Waals surface area contributed by atoms with E-state index < -0.39 is 0 Å². The van der Waals surface area contributed by atoms with Gasteiger partial charge in [-0.25, -0.2) is 9.97 Å². The predicted molar refractivity (Wildman–Crippen MR) is 87.5 cm³/mol. The molecule has 2 aromatic rings. The molecular weight excluding hydrogens is 282 g/mol. The first kappa shape index (κ1) is 14.7. The summed E-state index contributed by atoms with van der Waals surface area (Å²) in [5.41, 5.74) is 7.30. The molecule has 2 atom stereocenters. The molecule has 0 saturated heterocycles. The van der Waals surface area contributed by atoms with Crippen LogP contribution in [-0.2, 0) is 11.3 Å². The van der Waals surface area contributed by atoms with Crippen LogP contribution in [0.4, 0.5) is 5.82 Å². The summed E-state index contributed by atoms with van der Waals surface area (Å²) in [5.74, 6) is 2.05. The van der Waals surface area contributed by atoms with E-state index in [9.17, 15) is 0 Å². The Bertz CT molecular complexity index is 652. The molecule has 2 unspecified atom stereocenters. The van der Waals surface area contributed by atoms with Gasteiger partial charge < -0.3 is 10.5 Å². The summed E-state index contributed by atoms with van der Waals surface area (Å²) >= 11 is 1.68. The Morgan fingerprint density at radius 1 is 1.29 bits per heavy atom. The number of rotatable bonds is 3. The van der Waals surface area contributed by atoms with Crippen LogP contribution in [0.1, 0.15) is 48.9 Å². The van der Waals surface area contributed by atoms with Gasteiger partial charge in [-0.05, 0) is 38.2 Å². The average Bonchev–Trinajstić information content (AvgIpc) is 2.72. The predicted octanol–water partition coefficient (Wildman–Crippen LogP) is 3.99. The van der Waals surface area contributed by atoms with Gasteiger partial charge in [0.25, 0.3) is 0 Å². The summed E-state index contributed by atoms with van der Waals surface area (Å²) < 4.78 is 6.00. The maximum Gasteiger partial charge on any atom is 0.158 e. The topological polar surface area (TPSA) is 61.0 Å². The van der Waals surface area contributed by atoms with Crippen molar-refractivity contribution in [2.45, 2.75) is 59.2 Å². The zero-order chi connectivity index (χ0) is 15.0. The third-order valence-corrected chi connectivity index (χ3v) is 5.54. The second kappa shape index (κ2) is 5.89. The van der Waals surface area contributed by atoms with Crippen molar-refractivity contribution < 1.29 is 4.74 Å². The molecule has 1 aliphatic carbocycles. The number of hydrogen-bond donors (Lipinski definition) is 1. The molecule has 1 saturated carbocycles. The van der Waals surface area contributed by atoms with Crippen LogP contribution < -0.4 is 5.73 Å². The van der Waals surface area contributed by atoms with Crippen LogP contribution in [-0.4, -0.2) is 16.1 Å². The van der Waals surface area contributed by atoms with Crippen molar-refractivity contribution in [3.63, 3.8) is 0 Å². The lowest BCUT2D eigenvalue weighted by molar-refractivity contribution is 0.00179. The minimum Gasteiger partial charge on any atom is -0.383 e. The van der Waals surface area contributed by atoms with E-state index in [1.807, 2.05) is 0 Å². The van der Waals surface area contributed by atoms with Gasteiger partial charge in [-0.1, -0.05) is 19.8 Å². The average molecular weight is 305 g/mol. The Morgan fingerprint density at radius 3 is 2.86 bits per heavy atom. The number of ether oxygens (including phenoxy) is 1. The van der Waals surface area contributed by atoms with Crippen molar-refractivity contribution in [1.29, 1.82) is 0 Å². The van der Waals surface area contributed by atoms with E-state index in [4.69, 9.17) is 10.5 Å². The molecule has 0 amide bonds. The Hall–Kier alpha value is -1.20. The number of nitrogens with two attached hydrogens (primary N) is 1. The number of thiophene rings is 1. The van der Waals surface area contributed by atoms with E-state index in [2.05, 4.69) is 30.7 Å². The highest BCUT2D eigenvalue weighted by Gasteiger charge is 2.20. The van der Waals surface area contributed by atoms with E-state index in [1.54, 1.807) is 11.3 Å². The first-order chi connectivity index (χ1) is 10.0. The third kappa shape index (κ3) is 3.04. The van der Waals surface area contributed by atoms with Crippen LogP contribution in [0.15, 0.2) is 0 Å². The Labute approximate surface area is 129 Å². The molecule has 0 radical (unpaired) electrons. The SMILES string of the molecule is Cc1sc2nc(COC3CCCC(C)C3)nc(N)c2c1C. The van der Waals surface area contributed by atoms with Crippen LogP contribution in [0, 0.1) is 19.8 Å². The number of aryl methyl sites for hydroxylation is 2. The Balaban J connectivity index is 1.75. The molecule has 1 aliphatic rings. The van der Waals surface area contributed by atoms with Gasteiger partial charge in [0.1, 0.15) is 17.3 Å². The number of nitrogens with zero attached hydrogens (tertiary/aromatic N) is 2. The van der Waals surface area contributed by atoms with Crippen molar-refractivity contribution in [2.75, 3.05) is 5.73 Å². The molecule has 0 aromatic carbocycles. The molecular formula is C16H23N3OS. The van der Waals surface area contributed by atoms with Crippen molar-refractivity contribution in [3.05, 3.63) is 16.3 Å².